The van der Waals surface area contributed by atoms with Crippen LogP contribution in [0.5, 0.6) is 5.75 Å². The van der Waals surface area contributed by atoms with E-state index < -0.39 is 0 Å². The number of nitrogens with zero attached hydrogens (tertiary/aromatic N) is 1. The van der Waals surface area contributed by atoms with Crippen LogP contribution in [-0.2, 0) is 16.0 Å². The zero-order valence-corrected chi connectivity index (χ0v) is 19.4. The van der Waals surface area contributed by atoms with Crippen molar-refractivity contribution in [3.63, 3.8) is 0 Å². The summed E-state index contributed by atoms with van der Waals surface area (Å²) in [6.45, 7) is 3.60. The van der Waals surface area contributed by atoms with Crippen molar-refractivity contribution < 1.29 is 14.3 Å². The van der Waals surface area contributed by atoms with Crippen molar-refractivity contribution in [2.45, 2.75) is 58.3 Å². The molecule has 2 aromatic rings. The van der Waals surface area contributed by atoms with Crippen LogP contribution in [0.3, 0.4) is 0 Å². The summed E-state index contributed by atoms with van der Waals surface area (Å²) in [5.41, 5.74) is 3.15. The van der Waals surface area contributed by atoms with Crippen molar-refractivity contribution in [2.75, 3.05) is 25.5 Å². The minimum Gasteiger partial charge on any atom is -0.497 e. The molecular formula is C27H36N2O3. The molecule has 2 amide bonds. The molecule has 0 radical (unpaired) electrons. The molecule has 0 bridgehead atoms. The van der Waals surface area contributed by atoms with E-state index in [2.05, 4.69) is 29.6 Å². The van der Waals surface area contributed by atoms with Gasteiger partial charge in [0.05, 0.1) is 7.11 Å². The SMILES string of the molecule is COc1ccc(NC(=O)CC[C@H]2CCCN(C(=O)CCCCc3ccccc3)C2)c(C)c1. The fourth-order valence-corrected chi connectivity index (χ4v) is 4.39. The van der Waals surface area contributed by atoms with Gasteiger partial charge in [0.25, 0.3) is 0 Å². The molecule has 1 heterocycles. The average Bonchev–Trinajstić information content (AvgIpc) is 2.82. The number of likely N-dealkylation sites (tertiary alicyclic amines) is 1. The summed E-state index contributed by atoms with van der Waals surface area (Å²) >= 11 is 0. The van der Waals surface area contributed by atoms with Crippen LogP contribution in [-0.4, -0.2) is 36.9 Å². The third-order valence-corrected chi connectivity index (χ3v) is 6.31. The predicted octanol–water partition coefficient (Wildman–Crippen LogP) is 5.37. The zero-order chi connectivity index (χ0) is 22.8. The van der Waals surface area contributed by atoms with Crippen molar-refractivity contribution in [2.24, 2.45) is 5.92 Å². The summed E-state index contributed by atoms with van der Waals surface area (Å²) in [5.74, 6) is 1.48. The maximum Gasteiger partial charge on any atom is 0.224 e. The number of carbonyl (C=O) groups excluding carboxylic acids is 2. The van der Waals surface area contributed by atoms with Gasteiger partial charge in [-0.15, -0.1) is 0 Å². The minimum absolute atomic E-state index is 0.0302. The second kappa shape index (κ2) is 12.3. The zero-order valence-electron chi connectivity index (χ0n) is 19.4. The van der Waals surface area contributed by atoms with Crippen LogP contribution in [0.2, 0.25) is 0 Å². The molecule has 5 nitrogen and oxygen atoms in total. The molecule has 1 aliphatic heterocycles. The molecular weight excluding hydrogens is 400 g/mol. The quantitative estimate of drug-likeness (QED) is 0.509. The van der Waals surface area contributed by atoms with Crippen molar-refractivity contribution in [1.82, 2.24) is 4.90 Å². The number of carbonyl (C=O) groups is 2. The molecule has 2 aromatic carbocycles. The number of aryl methyl sites for hydroxylation is 2. The van der Waals surface area contributed by atoms with E-state index in [1.165, 1.54) is 5.56 Å². The van der Waals surface area contributed by atoms with Crippen LogP contribution in [0, 0.1) is 12.8 Å². The predicted molar refractivity (Wildman–Crippen MR) is 129 cm³/mol. The van der Waals surface area contributed by atoms with Crippen LogP contribution >= 0.6 is 0 Å². The molecule has 0 aliphatic carbocycles. The molecule has 0 spiro atoms. The summed E-state index contributed by atoms with van der Waals surface area (Å²) < 4.78 is 5.22. The van der Waals surface area contributed by atoms with Crippen LogP contribution in [0.4, 0.5) is 5.69 Å². The lowest BCUT2D eigenvalue weighted by atomic mass is 9.93. The molecule has 172 valence electrons. The number of benzene rings is 2. The van der Waals surface area contributed by atoms with Crippen molar-refractivity contribution in [3.8, 4) is 5.75 Å². The number of amides is 2. The molecule has 1 atom stereocenters. The second-order valence-electron chi connectivity index (χ2n) is 8.81. The molecule has 1 fully saturated rings. The number of hydrogen-bond acceptors (Lipinski definition) is 3. The first-order valence-corrected chi connectivity index (χ1v) is 11.8. The Balaban J connectivity index is 1.36. The Bertz CT molecular complexity index is 882. The first kappa shape index (κ1) is 23.8. The van der Waals surface area contributed by atoms with E-state index in [1.54, 1.807) is 7.11 Å². The first-order valence-electron chi connectivity index (χ1n) is 11.8. The first-order chi connectivity index (χ1) is 15.5. The Kier molecular flexibility index (Phi) is 9.14. The Hall–Kier alpha value is -2.82. The minimum atomic E-state index is 0.0302. The van der Waals surface area contributed by atoms with Crippen LogP contribution in [0.1, 0.15) is 56.1 Å². The van der Waals surface area contributed by atoms with Gasteiger partial charge in [-0.2, -0.15) is 0 Å². The number of unbranched alkanes of at least 4 members (excludes halogenated alkanes) is 1. The lowest BCUT2D eigenvalue weighted by Gasteiger charge is -2.33. The topological polar surface area (TPSA) is 58.6 Å². The van der Waals surface area contributed by atoms with Gasteiger partial charge in [0, 0.05) is 31.6 Å². The number of rotatable bonds is 10. The van der Waals surface area contributed by atoms with Gasteiger partial charge in [-0.1, -0.05) is 30.3 Å². The lowest BCUT2D eigenvalue weighted by Crippen LogP contribution is -2.40. The highest BCUT2D eigenvalue weighted by Gasteiger charge is 2.23. The fraction of sp³-hybridized carbons (Fsp3) is 0.481. The summed E-state index contributed by atoms with van der Waals surface area (Å²) in [7, 11) is 1.63. The fourth-order valence-electron chi connectivity index (χ4n) is 4.39. The van der Waals surface area contributed by atoms with Gasteiger partial charge < -0.3 is 15.0 Å². The highest BCUT2D eigenvalue weighted by atomic mass is 16.5. The number of hydrogen-bond donors (Lipinski definition) is 1. The maximum atomic E-state index is 12.7. The van der Waals surface area contributed by atoms with Crippen molar-refractivity contribution >= 4 is 17.5 Å². The number of ether oxygens (including phenoxy) is 1. The van der Waals surface area contributed by atoms with Gasteiger partial charge in [-0.25, -0.2) is 0 Å². The highest BCUT2D eigenvalue weighted by Crippen LogP contribution is 2.24. The number of piperidine rings is 1. The molecule has 1 saturated heterocycles. The number of anilines is 1. The van der Waals surface area contributed by atoms with E-state index in [0.29, 0.717) is 18.8 Å². The summed E-state index contributed by atoms with van der Waals surface area (Å²) in [5, 5.41) is 3.01. The van der Waals surface area contributed by atoms with E-state index in [4.69, 9.17) is 4.74 Å². The molecule has 1 N–H and O–H groups in total. The third kappa shape index (κ3) is 7.40. The standard InChI is InChI=1S/C27H36N2O3/c1-21-19-24(32-2)15-16-25(21)28-26(30)17-14-23-12-8-18-29(20-23)27(31)13-7-6-11-22-9-4-3-5-10-22/h3-5,9-10,15-16,19,23H,6-8,11-14,17-18,20H2,1-2H3,(H,28,30)/t23-/m1/s1. The summed E-state index contributed by atoms with van der Waals surface area (Å²) in [4.78, 5) is 27.1. The van der Waals surface area contributed by atoms with E-state index in [9.17, 15) is 9.59 Å². The molecule has 5 heteroatoms. The average molecular weight is 437 g/mol. The molecule has 0 aromatic heterocycles. The van der Waals surface area contributed by atoms with Gasteiger partial charge >= 0.3 is 0 Å². The monoisotopic (exact) mass is 436 g/mol. The number of nitrogens with one attached hydrogen (secondary N) is 1. The second-order valence-corrected chi connectivity index (χ2v) is 8.81. The molecule has 1 aliphatic rings. The van der Waals surface area contributed by atoms with E-state index in [1.807, 2.05) is 36.1 Å². The van der Waals surface area contributed by atoms with Gasteiger partial charge in [0.1, 0.15) is 5.75 Å². The summed E-state index contributed by atoms with van der Waals surface area (Å²) in [6, 6.07) is 16.1. The lowest BCUT2D eigenvalue weighted by molar-refractivity contribution is -0.133. The van der Waals surface area contributed by atoms with Gasteiger partial charge in [0.2, 0.25) is 11.8 Å². The van der Waals surface area contributed by atoms with Gasteiger partial charge in [0.15, 0.2) is 0 Å². The molecule has 0 unspecified atom stereocenters. The van der Waals surface area contributed by atoms with Crippen LogP contribution in [0.25, 0.3) is 0 Å². The van der Waals surface area contributed by atoms with Crippen molar-refractivity contribution in [1.29, 1.82) is 0 Å². The Labute approximate surface area is 192 Å². The highest BCUT2D eigenvalue weighted by molar-refractivity contribution is 5.91. The third-order valence-electron chi connectivity index (χ3n) is 6.31. The Morgan fingerprint density at radius 1 is 1.09 bits per heavy atom. The van der Waals surface area contributed by atoms with Crippen LogP contribution in [0.15, 0.2) is 48.5 Å². The van der Waals surface area contributed by atoms with Crippen molar-refractivity contribution in [3.05, 3.63) is 59.7 Å². The number of methoxy groups -OCH3 is 1. The van der Waals surface area contributed by atoms with E-state index >= 15 is 0 Å². The van der Waals surface area contributed by atoms with Gasteiger partial charge in [-0.05, 0) is 80.7 Å². The molecule has 3 rings (SSSR count). The summed E-state index contributed by atoms with van der Waals surface area (Å²) in [6.07, 6.45) is 7.03. The molecule has 0 saturated carbocycles. The van der Waals surface area contributed by atoms with Crippen LogP contribution < -0.4 is 10.1 Å². The normalized spacial score (nSPS) is 15.9. The largest absolute Gasteiger partial charge is 0.497 e. The molecule has 32 heavy (non-hydrogen) atoms. The van der Waals surface area contributed by atoms with E-state index in [-0.39, 0.29) is 11.8 Å². The smallest absolute Gasteiger partial charge is 0.224 e. The Morgan fingerprint density at radius 2 is 1.91 bits per heavy atom. The van der Waals surface area contributed by atoms with Gasteiger partial charge in [-0.3, -0.25) is 9.59 Å². The Morgan fingerprint density at radius 3 is 2.66 bits per heavy atom. The maximum absolute atomic E-state index is 12.7. The van der Waals surface area contributed by atoms with E-state index in [0.717, 1.165) is 68.6 Å².